The van der Waals surface area contributed by atoms with Crippen LogP contribution in [0.2, 0.25) is 0 Å². The second-order valence-corrected chi connectivity index (χ2v) is 5.25. The predicted octanol–water partition coefficient (Wildman–Crippen LogP) is 1.44. The third-order valence-corrected chi connectivity index (χ3v) is 4.12. The minimum absolute atomic E-state index is 0.130. The van der Waals surface area contributed by atoms with Crippen molar-refractivity contribution in [3.05, 3.63) is 24.2 Å². The Morgan fingerprint density at radius 3 is 3.22 bits per heavy atom. The van der Waals surface area contributed by atoms with Crippen LogP contribution < -0.4 is 5.32 Å². The normalized spacial score (nSPS) is 32.1. The van der Waals surface area contributed by atoms with Gasteiger partial charge >= 0.3 is 0 Å². The summed E-state index contributed by atoms with van der Waals surface area (Å²) in [7, 11) is 0. The van der Waals surface area contributed by atoms with E-state index in [4.69, 9.17) is 4.42 Å². The van der Waals surface area contributed by atoms with Gasteiger partial charge in [-0.05, 0) is 31.5 Å². The topological polar surface area (TPSA) is 45.5 Å². The molecular weight excluding hydrogens is 235 g/mol. The summed E-state index contributed by atoms with van der Waals surface area (Å²) >= 11 is 0. The van der Waals surface area contributed by atoms with Gasteiger partial charge in [0.15, 0.2) is 5.76 Å². The monoisotopic (exact) mass is 252 g/mol. The first kappa shape index (κ1) is 11.7. The molecule has 1 aromatic heterocycles. The zero-order valence-electron chi connectivity index (χ0n) is 10.2. The summed E-state index contributed by atoms with van der Waals surface area (Å²) < 4.78 is 19.2. The molecule has 1 spiro atoms. The van der Waals surface area contributed by atoms with Gasteiger partial charge in [0, 0.05) is 25.0 Å². The Labute approximate surface area is 105 Å². The number of likely N-dealkylation sites (tertiary alicyclic amines) is 1. The highest BCUT2D eigenvalue weighted by Crippen LogP contribution is 2.39. The standard InChI is InChI=1S/C13H17FN2O2/c14-11-3-5-15-8-13(11)4-6-16(9-13)12(17)10-2-1-7-18-10/h1-2,7,11,15H,3-6,8-9H2. The Balaban J connectivity index is 1.73. The van der Waals surface area contributed by atoms with E-state index in [2.05, 4.69) is 5.32 Å². The van der Waals surface area contributed by atoms with Gasteiger partial charge in [0.25, 0.3) is 5.91 Å². The number of hydrogen-bond acceptors (Lipinski definition) is 3. The second-order valence-electron chi connectivity index (χ2n) is 5.25. The van der Waals surface area contributed by atoms with Crippen LogP contribution >= 0.6 is 0 Å². The molecule has 0 bridgehead atoms. The summed E-state index contributed by atoms with van der Waals surface area (Å²) in [5.74, 6) is 0.209. The van der Waals surface area contributed by atoms with Crippen LogP contribution in [0, 0.1) is 5.41 Å². The maximum absolute atomic E-state index is 14.1. The van der Waals surface area contributed by atoms with E-state index >= 15 is 0 Å². The van der Waals surface area contributed by atoms with Crippen molar-refractivity contribution in [2.75, 3.05) is 26.2 Å². The Kier molecular flexibility index (Phi) is 2.86. The molecule has 1 amide bonds. The molecule has 2 saturated heterocycles. The first-order valence-corrected chi connectivity index (χ1v) is 6.39. The van der Waals surface area contributed by atoms with Crippen molar-refractivity contribution in [1.29, 1.82) is 0 Å². The first-order chi connectivity index (χ1) is 8.71. The minimum atomic E-state index is -0.812. The maximum Gasteiger partial charge on any atom is 0.289 e. The van der Waals surface area contributed by atoms with Gasteiger partial charge < -0.3 is 14.6 Å². The van der Waals surface area contributed by atoms with Crippen LogP contribution in [0.5, 0.6) is 0 Å². The summed E-state index contributed by atoms with van der Waals surface area (Å²) in [5.41, 5.74) is -0.388. The third-order valence-electron chi connectivity index (χ3n) is 4.12. The number of carbonyl (C=O) groups is 1. The van der Waals surface area contributed by atoms with E-state index in [-0.39, 0.29) is 11.3 Å². The van der Waals surface area contributed by atoms with E-state index in [0.29, 0.717) is 31.8 Å². The van der Waals surface area contributed by atoms with Crippen molar-refractivity contribution in [3.8, 4) is 0 Å². The molecule has 3 heterocycles. The van der Waals surface area contributed by atoms with Gasteiger partial charge in [0.1, 0.15) is 6.17 Å². The Morgan fingerprint density at radius 2 is 2.50 bits per heavy atom. The van der Waals surface area contributed by atoms with Crippen molar-refractivity contribution < 1.29 is 13.6 Å². The van der Waals surface area contributed by atoms with Crippen LogP contribution in [0.25, 0.3) is 0 Å². The second kappa shape index (κ2) is 4.39. The lowest BCUT2D eigenvalue weighted by Crippen LogP contribution is -2.50. The molecule has 3 rings (SSSR count). The number of piperidine rings is 1. The van der Waals surface area contributed by atoms with Crippen molar-refractivity contribution >= 4 is 5.91 Å². The van der Waals surface area contributed by atoms with Gasteiger partial charge in [-0.25, -0.2) is 4.39 Å². The van der Waals surface area contributed by atoms with Crippen molar-refractivity contribution in [3.63, 3.8) is 0 Å². The quantitative estimate of drug-likeness (QED) is 0.822. The number of amides is 1. The molecule has 2 unspecified atom stereocenters. The highest BCUT2D eigenvalue weighted by molar-refractivity contribution is 5.91. The molecule has 98 valence electrons. The van der Waals surface area contributed by atoms with E-state index in [1.807, 2.05) is 0 Å². The smallest absolute Gasteiger partial charge is 0.289 e. The number of alkyl halides is 1. The highest BCUT2D eigenvalue weighted by atomic mass is 19.1. The van der Waals surface area contributed by atoms with E-state index < -0.39 is 6.17 Å². The maximum atomic E-state index is 14.1. The van der Waals surface area contributed by atoms with Gasteiger partial charge in [-0.2, -0.15) is 0 Å². The highest BCUT2D eigenvalue weighted by Gasteiger charge is 2.47. The number of hydrogen-bond donors (Lipinski definition) is 1. The van der Waals surface area contributed by atoms with Crippen molar-refractivity contribution in [2.24, 2.45) is 5.41 Å². The van der Waals surface area contributed by atoms with Crippen LogP contribution in [-0.2, 0) is 0 Å². The number of nitrogens with one attached hydrogen (secondary N) is 1. The lowest BCUT2D eigenvalue weighted by molar-refractivity contribution is 0.0603. The van der Waals surface area contributed by atoms with E-state index in [1.165, 1.54) is 6.26 Å². The molecule has 2 fully saturated rings. The predicted molar refractivity (Wildman–Crippen MR) is 64.0 cm³/mol. The molecular formula is C13H17FN2O2. The van der Waals surface area contributed by atoms with Crippen LogP contribution in [0.15, 0.2) is 22.8 Å². The van der Waals surface area contributed by atoms with Gasteiger partial charge in [0.2, 0.25) is 0 Å². The van der Waals surface area contributed by atoms with Gasteiger partial charge in [0.05, 0.1) is 6.26 Å². The molecule has 18 heavy (non-hydrogen) atoms. The van der Waals surface area contributed by atoms with E-state index in [1.54, 1.807) is 17.0 Å². The fourth-order valence-corrected chi connectivity index (χ4v) is 3.01. The molecule has 2 atom stereocenters. The fraction of sp³-hybridized carbons (Fsp3) is 0.615. The minimum Gasteiger partial charge on any atom is -0.459 e. The Bertz CT molecular complexity index is 434. The molecule has 2 aliphatic heterocycles. The number of carbonyl (C=O) groups excluding carboxylic acids is 1. The molecule has 5 heteroatoms. The number of halogens is 1. The zero-order chi connectivity index (χ0) is 12.6. The lowest BCUT2D eigenvalue weighted by Gasteiger charge is -2.36. The summed E-state index contributed by atoms with van der Waals surface area (Å²) in [6.07, 6.45) is 1.95. The first-order valence-electron chi connectivity index (χ1n) is 6.39. The molecule has 2 aliphatic rings. The van der Waals surface area contributed by atoms with Crippen LogP contribution in [0.4, 0.5) is 4.39 Å². The summed E-state index contributed by atoms with van der Waals surface area (Å²) in [5, 5.41) is 3.24. The van der Waals surface area contributed by atoms with Gasteiger partial charge in [-0.1, -0.05) is 0 Å². The molecule has 0 saturated carbocycles. The molecule has 1 aromatic rings. The molecule has 4 nitrogen and oxygen atoms in total. The zero-order valence-corrected chi connectivity index (χ0v) is 10.2. The summed E-state index contributed by atoms with van der Waals surface area (Å²) in [6.45, 7) is 2.49. The Hall–Kier alpha value is -1.36. The van der Waals surface area contributed by atoms with Crippen LogP contribution in [0.1, 0.15) is 23.4 Å². The average Bonchev–Trinajstić information content (AvgIpc) is 3.03. The largest absolute Gasteiger partial charge is 0.459 e. The summed E-state index contributed by atoms with van der Waals surface area (Å²) in [6, 6.07) is 3.35. The van der Waals surface area contributed by atoms with Crippen LogP contribution in [0.3, 0.4) is 0 Å². The molecule has 0 radical (unpaired) electrons. The molecule has 0 aliphatic carbocycles. The van der Waals surface area contributed by atoms with E-state index in [0.717, 1.165) is 13.0 Å². The van der Waals surface area contributed by atoms with E-state index in [9.17, 15) is 9.18 Å². The van der Waals surface area contributed by atoms with Crippen molar-refractivity contribution in [1.82, 2.24) is 10.2 Å². The fourth-order valence-electron chi connectivity index (χ4n) is 3.01. The SMILES string of the molecule is O=C(c1ccco1)N1CCC2(CNCCC2F)C1. The van der Waals surface area contributed by atoms with Crippen LogP contribution in [-0.4, -0.2) is 43.2 Å². The number of furan rings is 1. The average molecular weight is 252 g/mol. The summed E-state index contributed by atoms with van der Waals surface area (Å²) in [4.78, 5) is 13.8. The molecule has 1 N–H and O–H groups in total. The number of nitrogens with zero attached hydrogens (tertiary/aromatic N) is 1. The lowest BCUT2D eigenvalue weighted by atomic mass is 9.78. The Morgan fingerprint density at radius 1 is 1.61 bits per heavy atom. The van der Waals surface area contributed by atoms with Gasteiger partial charge in [-0.3, -0.25) is 4.79 Å². The van der Waals surface area contributed by atoms with Gasteiger partial charge in [-0.15, -0.1) is 0 Å². The molecule has 0 aromatic carbocycles. The number of rotatable bonds is 1. The third kappa shape index (κ3) is 1.82. The van der Waals surface area contributed by atoms with Crippen molar-refractivity contribution in [2.45, 2.75) is 19.0 Å².